The summed E-state index contributed by atoms with van der Waals surface area (Å²) in [5, 5.41) is 14.0. The molecule has 148 valence electrons. The Hall–Kier alpha value is -0.840. The predicted octanol–water partition coefficient (Wildman–Crippen LogP) is 1.48. The first kappa shape index (κ1) is 21.5. The van der Waals surface area contributed by atoms with Crippen LogP contribution in [0.15, 0.2) is 27.8 Å². The van der Waals surface area contributed by atoms with Crippen molar-refractivity contribution in [1.82, 2.24) is 15.1 Å². The predicted molar refractivity (Wildman–Crippen MR) is 112 cm³/mol. The summed E-state index contributed by atoms with van der Waals surface area (Å²) < 4.78 is 10.8. The van der Waals surface area contributed by atoms with Crippen molar-refractivity contribution in [1.29, 1.82) is 0 Å². The molecule has 0 radical (unpaired) electrons. The number of hydrogen-bond donors (Lipinski definition) is 2. The first-order valence-electron chi connectivity index (χ1n) is 9.21. The van der Waals surface area contributed by atoms with Crippen LogP contribution in [0.2, 0.25) is 0 Å². The minimum Gasteiger partial charge on any atom is -0.466 e. The maximum absolute atomic E-state index is 10.6. The number of likely N-dealkylation sites (tertiary alicyclic amines) is 1. The van der Waals surface area contributed by atoms with Gasteiger partial charge in [0.1, 0.15) is 11.4 Å². The summed E-state index contributed by atoms with van der Waals surface area (Å²) in [6.45, 7) is 10.5. The summed E-state index contributed by atoms with van der Waals surface area (Å²) in [5.41, 5.74) is -1.10. The minimum atomic E-state index is -1.10. The molecule has 1 aromatic heterocycles. The van der Waals surface area contributed by atoms with E-state index in [1.165, 1.54) is 0 Å². The van der Waals surface area contributed by atoms with Gasteiger partial charge in [0.25, 0.3) is 0 Å². The van der Waals surface area contributed by atoms with Crippen LogP contribution < -0.4 is 5.32 Å². The van der Waals surface area contributed by atoms with E-state index < -0.39 is 5.60 Å². The molecule has 0 saturated carbocycles. The van der Waals surface area contributed by atoms with Gasteiger partial charge in [-0.25, -0.2) is 4.99 Å². The van der Waals surface area contributed by atoms with E-state index in [1.54, 1.807) is 25.3 Å². The van der Waals surface area contributed by atoms with E-state index >= 15 is 0 Å². The van der Waals surface area contributed by atoms with E-state index in [0.717, 1.165) is 58.3 Å². The second kappa shape index (κ2) is 9.91. The lowest BCUT2D eigenvalue weighted by atomic mass is 10.0. The van der Waals surface area contributed by atoms with Crippen LogP contribution in [0.4, 0.5) is 0 Å². The largest absolute Gasteiger partial charge is 0.466 e. The lowest BCUT2D eigenvalue weighted by Crippen LogP contribution is -2.47. The SMILES string of the molecule is CCNC(=NCC(C)(O)c1ccco1)N1CCC(N2CCOCC2)C1.I. The van der Waals surface area contributed by atoms with Gasteiger partial charge in [0.05, 0.1) is 26.0 Å². The van der Waals surface area contributed by atoms with Crippen molar-refractivity contribution in [3.63, 3.8) is 0 Å². The molecule has 8 heteroatoms. The molecule has 0 spiro atoms. The molecular formula is C18H31IN4O3. The van der Waals surface area contributed by atoms with Crippen molar-refractivity contribution < 1.29 is 14.3 Å². The van der Waals surface area contributed by atoms with Gasteiger partial charge in [0, 0.05) is 38.8 Å². The van der Waals surface area contributed by atoms with Gasteiger partial charge in [-0.15, -0.1) is 24.0 Å². The number of rotatable bonds is 5. The quantitative estimate of drug-likeness (QED) is 0.380. The molecule has 2 aliphatic rings. The molecule has 3 rings (SSSR count). The molecular weight excluding hydrogens is 447 g/mol. The third kappa shape index (κ3) is 5.34. The number of aliphatic imine (C=N–C) groups is 1. The number of furan rings is 1. The zero-order valence-corrected chi connectivity index (χ0v) is 18.0. The second-order valence-electron chi connectivity index (χ2n) is 6.96. The molecule has 2 fully saturated rings. The summed E-state index contributed by atoms with van der Waals surface area (Å²) in [4.78, 5) is 9.49. The molecule has 0 bridgehead atoms. The lowest BCUT2D eigenvalue weighted by Gasteiger charge is -2.32. The molecule has 2 atom stereocenters. The van der Waals surface area contributed by atoms with Crippen LogP contribution in [0, 0.1) is 0 Å². The van der Waals surface area contributed by atoms with Crippen LogP contribution in [-0.4, -0.2) is 79.4 Å². The minimum absolute atomic E-state index is 0. The molecule has 0 aliphatic carbocycles. The second-order valence-corrected chi connectivity index (χ2v) is 6.96. The maximum atomic E-state index is 10.6. The lowest BCUT2D eigenvalue weighted by molar-refractivity contribution is 0.0194. The highest BCUT2D eigenvalue weighted by molar-refractivity contribution is 14.0. The van der Waals surface area contributed by atoms with E-state index in [-0.39, 0.29) is 30.5 Å². The number of ether oxygens (including phenoxy) is 1. The fraction of sp³-hybridized carbons (Fsp3) is 0.722. The summed E-state index contributed by atoms with van der Waals surface area (Å²) in [6, 6.07) is 4.12. The van der Waals surface area contributed by atoms with Crippen molar-refractivity contribution in [3.8, 4) is 0 Å². The van der Waals surface area contributed by atoms with Gasteiger partial charge >= 0.3 is 0 Å². The highest BCUT2D eigenvalue weighted by atomic mass is 127. The van der Waals surface area contributed by atoms with Gasteiger partial charge in [0.2, 0.25) is 0 Å². The van der Waals surface area contributed by atoms with E-state index in [1.807, 2.05) is 0 Å². The van der Waals surface area contributed by atoms with Crippen LogP contribution in [0.1, 0.15) is 26.0 Å². The topological polar surface area (TPSA) is 73.5 Å². The molecule has 0 aromatic carbocycles. The molecule has 2 aliphatic heterocycles. The summed E-state index contributed by atoms with van der Waals surface area (Å²) in [6.07, 6.45) is 2.71. The van der Waals surface area contributed by atoms with Gasteiger partial charge < -0.3 is 24.5 Å². The zero-order valence-electron chi connectivity index (χ0n) is 15.7. The summed E-state index contributed by atoms with van der Waals surface area (Å²) in [5.74, 6) is 1.41. The van der Waals surface area contributed by atoms with Crippen LogP contribution >= 0.6 is 24.0 Å². The smallest absolute Gasteiger partial charge is 0.194 e. The number of halogens is 1. The van der Waals surface area contributed by atoms with E-state index in [0.29, 0.717) is 11.8 Å². The summed E-state index contributed by atoms with van der Waals surface area (Å²) in [7, 11) is 0. The third-order valence-electron chi connectivity index (χ3n) is 4.95. The Kier molecular flexibility index (Phi) is 8.18. The highest BCUT2D eigenvalue weighted by Crippen LogP contribution is 2.22. The maximum Gasteiger partial charge on any atom is 0.194 e. The van der Waals surface area contributed by atoms with Crippen molar-refractivity contribution in [2.75, 3.05) is 52.5 Å². The van der Waals surface area contributed by atoms with Crippen LogP contribution in [0.5, 0.6) is 0 Å². The van der Waals surface area contributed by atoms with Crippen LogP contribution in [0.3, 0.4) is 0 Å². The van der Waals surface area contributed by atoms with E-state index in [9.17, 15) is 5.11 Å². The summed E-state index contributed by atoms with van der Waals surface area (Å²) >= 11 is 0. The van der Waals surface area contributed by atoms with Gasteiger partial charge in [-0.2, -0.15) is 0 Å². The first-order valence-corrected chi connectivity index (χ1v) is 9.21. The fourth-order valence-corrected chi connectivity index (χ4v) is 3.49. The third-order valence-corrected chi connectivity index (χ3v) is 4.95. The van der Waals surface area contributed by atoms with Crippen LogP contribution in [-0.2, 0) is 10.3 Å². The number of guanidine groups is 1. The number of morpholine rings is 1. The first-order chi connectivity index (χ1) is 12.1. The van der Waals surface area contributed by atoms with E-state index in [2.05, 4.69) is 27.0 Å². The Morgan fingerprint density at radius 2 is 2.15 bits per heavy atom. The monoisotopic (exact) mass is 478 g/mol. The molecule has 2 saturated heterocycles. The number of nitrogens with one attached hydrogen (secondary N) is 1. The van der Waals surface area contributed by atoms with Gasteiger partial charge in [0.15, 0.2) is 5.96 Å². The Morgan fingerprint density at radius 3 is 2.81 bits per heavy atom. The van der Waals surface area contributed by atoms with Crippen molar-refractivity contribution in [2.45, 2.75) is 31.9 Å². The Labute approximate surface area is 172 Å². The van der Waals surface area contributed by atoms with Gasteiger partial charge in [-0.3, -0.25) is 4.90 Å². The number of nitrogens with zero attached hydrogens (tertiary/aromatic N) is 3. The number of aliphatic hydroxyl groups is 1. The Balaban J connectivity index is 0.00000243. The van der Waals surface area contributed by atoms with Crippen molar-refractivity contribution in [2.24, 2.45) is 4.99 Å². The molecule has 2 N–H and O–H groups in total. The standard InChI is InChI=1S/C18H30N4O3.HI/c1-3-19-17(20-14-18(2,23)16-5-4-10-25-16)22-7-6-15(13-22)21-8-11-24-12-9-21;/h4-5,10,15,23H,3,6-9,11-14H2,1-2H3,(H,19,20);1H. The average molecular weight is 478 g/mol. The molecule has 26 heavy (non-hydrogen) atoms. The average Bonchev–Trinajstić information content (AvgIpc) is 3.31. The van der Waals surface area contributed by atoms with Crippen molar-refractivity contribution in [3.05, 3.63) is 24.2 Å². The normalized spacial score (nSPS) is 24.2. The Bertz CT molecular complexity index is 559. The van der Waals surface area contributed by atoms with Crippen molar-refractivity contribution >= 4 is 29.9 Å². The highest BCUT2D eigenvalue weighted by Gasteiger charge is 2.31. The fourth-order valence-electron chi connectivity index (χ4n) is 3.49. The molecule has 3 heterocycles. The Morgan fingerprint density at radius 1 is 1.38 bits per heavy atom. The molecule has 2 unspecified atom stereocenters. The molecule has 7 nitrogen and oxygen atoms in total. The number of hydrogen-bond acceptors (Lipinski definition) is 5. The zero-order chi connectivity index (χ0) is 17.7. The molecule has 0 amide bonds. The van der Waals surface area contributed by atoms with Gasteiger partial charge in [-0.1, -0.05) is 0 Å². The van der Waals surface area contributed by atoms with Crippen LogP contribution in [0.25, 0.3) is 0 Å². The van der Waals surface area contributed by atoms with Gasteiger partial charge in [-0.05, 0) is 32.4 Å². The van der Waals surface area contributed by atoms with E-state index in [4.69, 9.17) is 9.15 Å². The molecule has 1 aromatic rings.